The molecule has 2 heteroatoms. The molecule has 2 aliphatic heterocycles. The molecule has 1 fully saturated rings. The van der Waals surface area contributed by atoms with Gasteiger partial charge in [-0.15, -0.1) is 0 Å². The van der Waals surface area contributed by atoms with E-state index in [-0.39, 0.29) is 0 Å². The Hall–Kier alpha value is -1.28. The highest BCUT2D eigenvalue weighted by atomic mass is 16.5. The first-order valence-corrected chi connectivity index (χ1v) is 8.44. The lowest BCUT2D eigenvalue weighted by Gasteiger charge is -2.42. The van der Waals surface area contributed by atoms with Crippen LogP contribution in [0.4, 0.5) is 0 Å². The van der Waals surface area contributed by atoms with E-state index in [9.17, 15) is 0 Å². The number of unbranched alkanes of at least 4 members (excludes halogenated alkanes) is 1. The van der Waals surface area contributed by atoms with Crippen LogP contribution in [0.3, 0.4) is 0 Å². The first-order chi connectivity index (χ1) is 10.3. The Morgan fingerprint density at radius 3 is 2.71 bits per heavy atom. The van der Waals surface area contributed by atoms with E-state index >= 15 is 0 Å². The number of rotatable bonds is 5. The van der Waals surface area contributed by atoms with Crippen LogP contribution >= 0.6 is 0 Å². The Balaban J connectivity index is 1.69. The number of hydrogen-bond donors (Lipinski definition) is 0. The molecular weight excluding hydrogens is 258 g/mol. The fourth-order valence-corrected chi connectivity index (χ4v) is 3.56. The van der Waals surface area contributed by atoms with Crippen LogP contribution < -0.4 is 4.74 Å². The van der Waals surface area contributed by atoms with E-state index in [2.05, 4.69) is 49.2 Å². The van der Waals surface area contributed by atoms with Crippen molar-refractivity contribution in [3.8, 4) is 5.75 Å². The molecule has 0 amide bonds. The quantitative estimate of drug-likeness (QED) is 0.738. The third kappa shape index (κ3) is 3.32. The standard InChI is InChI=1S/C19H27NO/c1-3-4-12-21-19-10-8-15(9-11-19)16-13-17-6-5-7-18(14-16)20(17)2/h8-11,13,17-18H,3-7,12,14H2,1-2H3. The van der Waals surface area contributed by atoms with E-state index in [1.54, 1.807) is 0 Å². The Morgan fingerprint density at radius 2 is 2.00 bits per heavy atom. The van der Waals surface area contributed by atoms with Crippen LogP contribution in [-0.4, -0.2) is 30.6 Å². The van der Waals surface area contributed by atoms with Crippen molar-refractivity contribution in [3.05, 3.63) is 35.9 Å². The lowest BCUT2D eigenvalue weighted by atomic mass is 9.83. The molecule has 0 N–H and O–H groups in total. The van der Waals surface area contributed by atoms with Crippen LogP contribution in [-0.2, 0) is 0 Å². The van der Waals surface area contributed by atoms with Crippen molar-refractivity contribution in [1.29, 1.82) is 0 Å². The number of benzene rings is 1. The highest BCUT2D eigenvalue weighted by Crippen LogP contribution is 2.36. The lowest BCUT2D eigenvalue weighted by molar-refractivity contribution is 0.137. The third-order valence-electron chi connectivity index (χ3n) is 4.98. The molecule has 2 bridgehead atoms. The molecule has 0 aromatic heterocycles. The molecule has 2 atom stereocenters. The Kier molecular flexibility index (Phi) is 4.64. The normalized spacial score (nSPS) is 25.5. The van der Waals surface area contributed by atoms with Gasteiger partial charge in [0.15, 0.2) is 0 Å². The Morgan fingerprint density at radius 1 is 1.19 bits per heavy atom. The summed E-state index contributed by atoms with van der Waals surface area (Å²) in [5, 5.41) is 0. The summed E-state index contributed by atoms with van der Waals surface area (Å²) in [7, 11) is 2.28. The van der Waals surface area contributed by atoms with Crippen LogP contribution in [0.5, 0.6) is 5.75 Å². The number of likely N-dealkylation sites (N-methyl/N-ethyl adjacent to an activating group) is 1. The fourth-order valence-electron chi connectivity index (χ4n) is 3.56. The summed E-state index contributed by atoms with van der Waals surface area (Å²) in [5.41, 5.74) is 2.91. The number of ether oxygens (including phenoxy) is 1. The van der Waals surface area contributed by atoms with Gasteiger partial charge in [-0.2, -0.15) is 0 Å². The summed E-state index contributed by atoms with van der Waals surface area (Å²) >= 11 is 0. The average Bonchev–Trinajstić information content (AvgIpc) is 2.48. The van der Waals surface area contributed by atoms with Crippen LogP contribution in [0.2, 0.25) is 0 Å². The van der Waals surface area contributed by atoms with Crippen molar-refractivity contribution >= 4 is 5.57 Å². The van der Waals surface area contributed by atoms with Crippen LogP contribution in [0.25, 0.3) is 5.57 Å². The second-order valence-electron chi connectivity index (χ2n) is 6.44. The van der Waals surface area contributed by atoms with E-state index in [1.165, 1.54) is 43.2 Å². The van der Waals surface area contributed by atoms with Crippen LogP contribution in [0, 0.1) is 0 Å². The van der Waals surface area contributed by atoms with Gasteiger partial charge in [-0.25, -0.2) is 0 Å². The molecule has 0 radical (unpaired) electrons. The van der Waals surface area contributed by atoms with E-state index in [0.717, 1.165) is 24.8 Å². The van der Waals surface area contributed by atoms with E-state index in [4.69, 9.17) is 4.74 Å². The minimum atomic E-state index is 0.646. The molecule has 3 rings (SSSR count). The topological polar surface area (TPSA) is 12.5 Å². The summed E-state index contributed by atoms with van der Waals surface area (Å²) < 4.78 is 5.75. The van der Waals surface area contributed by atoms with Crippen LogP contribution in [0.1, 0.15) is 51.0 Å². The van der Waals surface area contributed by atoms with E-state index in [1.807, 2.05) is 0 Å². The number of piperidine rings is 1. The van der Waals surface area contributed by atoms with E-state index < -0.39 is 0 Å². The van der Waals surface area contributed by atoms with Crippen molar-refractivity contribution < 1.29 is 4.74 Å². The van der Waals surface area contributed by atoms with Crippen molar-refractivity contribution in [2.75, 3.05) is 13.7 Å². The number of hydrogen-bond acceptors (Lipinski definition) is 2. The van der Waals surface area contributed by atoms with Gasteiger partial charge in [0.1, 0.15) is 5.75 Å². The van der Waals surface area contributed by atoms with Crippen LogP contribution in [0.15, 0.2) is 30.3 Å². The minimum Gasteiger partial charge on any atom is -0.494 e. The van der Waals surface area contributed by atoms with Crippen molar-refractivity contribution in [3.63, 3.8) is 0 Å². The SMILES string of the molecule is CCCCOc1ccc(C2=CC3CCCC(C2)N3C)cc1. The van der Waals surface area contributed by atoms with Gasteiger partial charge >= 0.3 is 0 Å². The predicted octanol–water partition coefficient (Wildman–Crippen LogP) is 4.51. The highest BCUT2D eigenvalue weighted by Gasteiger charge is 2.31. The predicted molar refractivity (Wildman–Crippen MR) is 88.6 cm³/mol. The first-order valence-electron chi connectivity index (χ1n) is 8.44. The second-order valence-corrected chi connectivity index (χ2v) is 6.44. The maximum atomic E-state index is 5.75. The van der Waals surface area contributed by atoms with Gasteiger partial charge in [0.2, 0.25) is 0 Å². The zero-order chi connectivity index (χ0) is 14.7. The fraction of sp³-hybridized carbons (Fsp3) is 0.579. The minimum absolute atomic E-state index is 0.646. The molecule has 2 unspecified atom stereocenters. The average molecular weight is 285 g/mol. The van der Waals surface area contributed by atoms with Gasteiger partial charge in [-0.1, -0.05) is 38.0 Å². The van der Waals surface area contributed by atoms with E-state index in [0.29, 0.717) is 6.04 Å². The maximum Gasteiger partial charge on any atom is 0.119 e. The van der Waals surface area contributed by atoms with Crippen molar-refractivity contribution in [2.24, 2.45) is 0 Å². The summed E-state index contributed by atoms with van der Waals surface area (Å²) in [4.78, 5) is 2.56. The summed E-state index contributed by atoms with van der Waals surface area (Å²) in [6.07, 6.45) is 10.0. The zero-order valence-corrected chi connectivity index (χ0v) is 13.3. The maximum absolute atomic E-state index is 5.75. The highest BCUT2D eigenvalue weighted by molar-refractivity contribution is 5.68. The molecule has 1 saturated heterocycles. The van der Waals surface area contributed by atoms with Crippen molar-refractivity contribution in [1.82, 2.24) is 4.90 Å². The molecular formula is C19H27NO. The molecule has 1 aromatic rings. The smallest absolute Gasteiger partial charge is 0.119 e. The molecule has 0 aliphatic carbocycles. The van der Waals surface area contributed by atoms with Gasteiger partial charge in [0.05, 0.1) is 6.61 Å². The van der Waals surface area contributed by atoms with Gasteiger partial charge < -0.3 is 4.74 Å². The summed E-state index contributed by atoms with van der Waals surface area (Å²) in [6, 6.07) is 10.1. The number of fused-ring (bicyclic) bond motifs is 2. The molecule has 2 nitrogen and oxygen atoms in total. The van der Waals surface area contributed by atoms with Gasteiger partial charge in [0.25, 0.3) is 0 Å². The van der Waals surface area contributed by atoms with Gasteiger partial charge in [-0.05, 0) is 56.0 Å². The monoisotopic (exact) mass is 285 g/mol. The molecule has 1 aromatic carbocycles. The molecule has 2 aliphatic rings. The van der Waals surface area contributed by atoms with Crippen molar-refractivity contribution in [2.45, 2.75) is 57.5 Å². The van der Waals surface area contributed by atoms with Gasteiger partial charge in [0, 0.05) is 12.1 Å². The first kappa shape index (κ1) is 14.6. The molecule has 114 valence electrons. The summed E-state index contributed by atoms with van der Waals surface area (Å²) in [6.45, 7) is 3.02. The molecule has 21 heavy (non-hydrogen) atoms. The van der Waals surface area contributed by atoms with Gasteiger partial charge in [-0.3, -0.25) is 4.90 Å². The molecule has 2 heterocycles. The third-order valence-corrected chi connectivity index (χ3v) is 4.98. The zero-order valence-electron chi connectivity index (χ0n) is 13.3. The molecule has 0 saturated carbocycles. The number of nitrogens with zero attached hydrogens (tertiary/aromatic N) is 1. The Labute approximate surface area is 128 Å². The summed E-state index contributed by atoms with van der Waals surface area (Å²) in [5.74, 6) is 1.00. The Bertz CT molecular complexity index is 491. The lowest BCUT2D eigenvalue weighted by Crippen LogP contribution is -2.45. The second kappa shape index (κ2) is 6.65. The molecule has 0 spiro atoms. The largest absolute Gasteiger partial charge is 0.494 e.